The predicted octanol–water partition coefficient (Wildman–Crippen LogP) is 3.53. The molecule has 0 bridgehead atoms. The first kappa shape index (κ1) is 17.9. The zero-order valence-corrected chi connectivity index (χ0v) is 15.5. The molecule has 5 nitrogen and oxygen atoms in total. The van der Waals surface area contributed by atoms with E-state index in [1.54, 1.807) is 18.3 Å². The van der Waals surface area contributed by atoms with Crippen molar-refractivity contribution in [3.63, 3.8) is 0 Å². The Morgan fingerprint density at radius 1 is 1.04 bits per heavy atom. The molecule has 4 rings (SSSR count). The molecule has 7 heteroatoms. The Labute approximate surface area is 162 Å². The number of hydrogen-bond acceptors (Lipinski definition) is 6. The molecule has 1 saturated heterocycles. The number of nitrogens with zero attached hydrogens (tertiary/aromatic N) is 4. The van der Waals surface area contributed by atoms with Crippen LogP contribution in [0.15, 0.2) is 54.7 Å². The zero-order valence-electron chi connectivity index (χ0n) is 14.6. The van der Waals surface area contributed by atoms with E-state index in [4.69, 9.17) is 27.3 Å². The number of benzene rings is 1. The zero-order chi connectivity index (χ0) is 18.6. The fourth-order valence-corrected chi connectivity index (χ4v) is 3.28. The van der Waals surface area contributed by atoms with Gasteiger partial charge in [-0.3, -0.25) is 4.98 Å². The lowest BCUT2D eigenvalue weighted by Crippen LogP contribution is -2.37. The molecule has 1 aliphatic rings. The molecule has 27 heavy (non-hydrogen) atoms. The van der Waals surface area contributed by atoms with Gasteiger partial charge in [-0.1, -0.05) is 18.2 Å². The number of anilines is 1. The van der Waals surface area contributed by atoms with E-state index in [-0.39, 0.29) is 11.1 Å². The minimum atomic E-state index is -0.296. The minimum absolute atomic E-state index is 0.273. The van der Waals surface area contributed by atoms with Crippen molar-refractivity contribution < 1.29 is 9.13 Å². The maximum atomic E-state index is 13.3. The van der Waals surface area contributed by atoms with Gasteiger partial charge in [-0.05, 0) is 29.8 Å². The van der Waals surface area contributed by atoms with Gasteiger partial charge >= 0.3 is 0 Å². The van der Waals surface area contributed by atoms with Crippen LogP contribution in [0.3, 0.4) is 0 Å². The predicted molar refractivity (Wildman–Crippen MR) is 106 cm³/mol. The molecule has 1 aliphatic heterocycles. The van der Waals surface area contributed by atoms with Gasteiger partial charge < -0.3 is 9.64 Å². The van der Waals surface area contributed by atoms with Crippen LogP contribution >= 0.6 is 12.6 Å². The van der Waals surface area contributed by atoms with E-state index in [1.807, 2.05) is 24.3 Å². The lowest BCUT2D eigenvalue weighted by atomic mass is 10.1. The second kappa shape index (κ2) is 8.02. The Kier molecular flexibility index (Phi) is 5.31. The highest BCUT2D eigenvalue weighted by Gasteiger charge is 2.19. The van der Waals surface area contributed by atoms with E-state index < -0.39 is 0 Å². The lowest BCUT2D eigenvalue weighted by Gasteiger charge is -2.28. The first-order valence-corrected chi connectivity index (χ1v) is 9.29. The summed E-state index contributed by atoms with van der Waals surface area (Å²) < 4.78 is 18.7. The average Bonchev–Trinajstić information content (AvgIpc) is 2.75. The Hall–Kier alpha value is -2.51. The highest BCUT2D eigenvalue weighted by Crippen LogP contribution is 2.30. The Balaban J connectivity index is 1.76. The molecule has 3 heterocycles. The molecule has 1 aromatic carbocycles. The highest BCUT2D eigenvalue weighted by atomic mass is 32.1. The fraction of sp³-hybridized carbons (Fsp3) is 0.250. The molecule has 1 fully saturated rings. The van der Waals surface area contributed by atoms with Crippen LogP contribution in [-0.4, -0.2) is 41.3 Å². The van der Waals surface area contributed by atoms with Gasteiger partial charge in [-0.2, -0.15) is 12.6 Å². The molecule has 0 aliphatic carbocycles. The molecular weight excluding hydrogens is 363 g/mol. The second-order valence-corrected chi connectivity index (χ2v) is 6.76. The third-order valence-electron chi connectivity index (χ3n) is 4.43. The van der Waals surface area contributed by atoms with E-state index >= 15 is 0 Å². The Morgan fingerprint density at radius 3 is 2.52 bits per heavy atom. The maximum Gasteiger partial charge on any atom is 0.180 e. The van der Waals surface area contributed by atoms with Gasteiger partial charge in [0.1, 0.15) is 17.3 Å². The molecule has 1 atom stereocenters. The van der Waals surface area contributed by atoms with Gasteiger partial charge in [0, 0.05) is 25.4 Å². The van der Waals surface area contributed by atoms with Crippen LogP contribution in [0.4, 0.5) is 10.2 Å². The number of aromatic nitrogens is 3. The van der Waals surface area contributed by atoms with Crippen LogP contribution in [0.5, 0.6) is 0 Å². The molecule has 138 valence electrons. The van der Waals surface area contributed by atoms with Crippen molar-refractivity contribution >= 4 is 18.4 Å². The summed E-state index contributed by atoms with van der Waals surface area (Å²) in [5, 5.41) is -0.296. The normalized spacial score (nSPS) is 15.6. The van der Waals surface area contributed by atoms with Crippen LogP contribution in [0.2, 0.25) is 0 Å². The number of hydrogen-bond donors (Lipinski definition) is 1. The minimum Gasteiger partial charge on any atom is -0.378 e. The number of halogens is 1. The highest BCUT2D eigenvalue weighted by molar-refractivity contribution is 7.80. The van der Waals surface area contributed by atoms with Crippen molar-refractivity contribution in [3.05, 3.63) is 71.8 Å². The van der Waals surface area contributed by atoms with E-state index in [0.29, 0.717) is 24.7 Å². The van der Waals surface area contributed by atoms with Crippen molar-refractivity contribution in [2.45, 2.75) is 5.25 Å². The molecular formula is C20H19FN4OS. The van der Waals surface area contributed by atoms with Gasteiger partial charge in [0.2, 0.25) is 0 Å². The van der Waals surface area contributed by atoms with Crippen molar-refractivity contribution in [3.8, 4) is 11.5 Å². The molecule has 1 unspecified atom stereocenters. The van der Waals surface area contributed by atoms with Gasteiger partial charge in [-0.15, -0.1) is 0 Å². The summed E-state index contributed by atoms with van der Waals surface area (Å²) in [6.07, 6.45) is 1.72. The quantitative estimate of drug-likeness (QED) is 0.700. The molecule has 2 aromatic heterocycles. The summed E-state index contributed by atoms with van der Waals surface area (Å²) in [5.74, 6) is 1.10. The summed E-state index contributed by atoms with van der Waals surface area (Å²) in [6, 6.07) is 13.9. The number of rotatable bonds is 4. The molecule has 0 saturated carbocycles. The standard InChI is InChI=1S/C20H19FN4OS/c21-15-6-4-14(5-7-15)19(27)17-13-18(25-9-11-26-12-10-25)24-20(23-17)16-3-1-2-8-22-16/h1-8,13,19,27H,9-12H2. The smallest absolute Gasteiger partial charge is 0.180 e. The number of ether oxygens (including phenoxy) is 1. The van der Waals surface area contributed by atoms with Crippen LogP contribution < -0.4 is 4.90 Å². The second-order valence-electron chi connectivity index (χ2n) is 6.24. The third-order valence-corrected chi connectivity index (χ3v) is 4.99. The van der Waals surface area contributed by atoms with E-state index in [9.17, 15) is 4.39 Å². The first-order valence-electron chi connectivity index (χ1n) is 8.77. The molecule has 0 N–H and O–H groups in total. The van der Waals surface area contributed by atoms with Crippen molar-refractivity contribution in [1.82, 2.24) is 15.0 Å². The monoisotopic (exact) mass is 382 g/mol. The number of morpholine rings is 1. The Bertz CT molecular complexity index is 902. The summed E-state index contributed by atoms with van der Waals surface area (Å²) in [4.78, 5) is 16.0. The molecule has 0 amide bonds. The summed E-state index contributed by atoms with van der Waals surface area (Å²) in [5.41, 5.74) is 2.33. The average molecular weight is 382 g/mol. The number of thiol groups is 1. The van der Waals surface area contributed by atoms with E-state index in [0.717, 1.165) is 30.2 Å². The summed E-state index contributed by atoms with van der Waals surface area (Å²) in [7, 11) is 0. The first-order chi connectivity index (χ1) is 13.2. The van der Waals surface area contributed by atoms with Crippen molar-refractivity contribution in [1.29, 1.82) is 0 Å². The maximum absolute atomic E-state index is 13.3. The third kappa shape index (κ3) is 4.09. The van der Waals surface area contributed by atoms with Crippen LogP contribution in [-0.2, 0) is 4.74 Å². The van der Waals surface area contributed by atoms with Gasteiger partial charge in [-0.25, -0.2) is 14.4 Å². The van der Waals surface area contributed by atoms with Crippen molar-refractivity contribution in [2.24, 2.45) is 0 Å². The van der Waals surface area contributed by atoms with Crippen LogP contribution in [0, 0.1) is 5.82 Å². The number of pyridine rings is 1. The molecule has 0 radical (unpaired) electrons. The van der Waals surface area contributed by atoms with Crippen molar-refractivity contribution in [2.75, 3.05) is 31.2 Å². The van der Waals surface area contributed by atoms with Crippen LogP contribution in [0.1, 0.15) is 16.5 Å². The topological polar surface area (TPSA) is 51.1 Å². The molecule has 3 aromatic rings. The van der Waals surface area contributed by atoms with Crippen LogP contribution in [0.25, 0.3) is 11.5 Å². The fourth-order valence-electron chi connectivity index (χ4n) is 2.97. The molecule has 0 spiro atoms. The lowest BCUT2D eigenvalue weighted by molar-refractivity contribution is 0.122. The summed E-state index contributed by atoms with van der Waals surface area (Å²) in [6.45, 7) is 2.87. The van der Waals surface area contributed by atoms with E-state index in [2.05, 4.69) is 9.88 Å². The van der Waals surface area contributed by atoms with Gasteiger partial charge in [0.15, 0.2) is 5.82 Å². The summed E-state index contributed by atoms with van der Waals surface area (Å²) >= 11 is 4.74. The Morgan fingerprint density at radius 2 is 1.81 bits per heavy atom. The largest absolute Gasteiger partial charge is 0.378 e. The van der Waals surface area contributed by atoms with E-state index in [1.165, 1.54) is 12.1 Å². The van der Waals surface area contributed by atoms with Gasteiger partial charge in [0.05, 0.1) is 24.2 Å². The van der Waals surface area contributed by atoms with Gasteiger partial charge in [0.25, 0.3) is 0 Å². The SMILES string of the molecule is Fc1ccc(C(S)c2cc(N3CCOCC3)nc(-c3ccccn3)n2)cc1.